The molecule has 2 fully saturated rings. The predicted molar refractivity (Wildman–Crippen MR) is 83.5 cm³/mol. The predicted octanol–water partition coefficient (Wildman–Crippen LogP) is 1.89. The van der Waals surface area contributed by atoms with Crippen LogP contribution in [0.15, 0.2) is 6.20 Å². The molecule has 0 spiro atoms. The van der Waals surface area contributed by atoms with Gasteiger partial charge in [0.2, 0.25) is 0 Å². The summed E-state index contributed by atoms with van der Waals surface area (Å²) in [5.41, 5.74) is -0.727. The lowest BCUT2D eigenvalue weighted by Crippen LogP contribution is -2.52. The fourth-order valence-electron chi connectivity index (χ4n) is 3.50. The van der Waals surface area contributed by atoms with Crippen LogP contribution in [0, 0.1) is 5.92 Å². The molecule has 1 N–H and O–H groups in total. The van der Waals surface area contributed by atoms with Crippen molar-refractivity contribution in [3.05, 3.63) is 11.2 Å². The van der Waals surface area contributed by atoms with Crippen molar-refractivity contribution in [2.75, 3.05) is 31.8 Å². The summed E-state index contributed by atoms with van der Waals surface area (Å²) in [6, 6.07) is 0.462. The number of ether oxygens (including phenoxy) is 2. The minimum atomic E-state index is -0.727. The Morgan fingerprint density at radius 2 is 2.36 bits per heavy atom. The van der Waals surface area contributed by atoms with Crippen molar-refractivity contribution in [1.82, 2.24) is 9.97 Å². The van der Waals surface area contributed by atoms with Gasteiger partial charge in [0.05, 0.1) is 25.5 Å². The Morgan fingerprint density at radius 1 is 1.55 bits per heavy atom. The van der Waals surface area contributed by atoms with Gasteiger partial charge in [-0.15, -0.1) is 0 Å². The molecule has 0 bridgehead atoms. The SMILES string of the molecule is COc1ncc(Cl)c(N2CCCC2C2COCCC2(C)O)n1. The first-order chi connectivity index (χ1) is 10.5. The van der Waals surface area contributed by atoms with Gasteiger partial charge in [0.25, 0.3) is 0 Å². The molecule has 3 atom stereocenters. The van der Waals surface area contributed by atoms with Crippen LogP contribution in [0.1, 0.15) is 26.2 Å². The number of aromatic nitrogens is 2. The molecule has 0 aliphatic carbocycles. The molecule has 0 aromatic carbocycles. The smallest absolute Gasteiger partial charge is 0.318 e. The molecule has 0 radical (unpaired) electrons. The van der Waals surface area contributed by atoms with Crippen LogP contribution < -0.4 is 9.64 Å². The van der Waals surface area contributed by atoms with E-state index in [4.69, 9.17) is 21.1 Å². The lowest BCUT2D eigenvalue weighted by atomic mass is 9.79. The molecule has 2 saturated heterocycles. The number of methoxy groups -OCH3 is 1. The minimum absolute atomic E-state index is 0.0424. The van der Waals surface area contributed by atoms with Gasteiger partial charge in [0.15, 0.2) is 5.82 Å². The second kappa shape index (κ2) is 6.18. The first-order valence-corrected chi connectivity index (χ1v) is 8.04. The highest BCUT2D eigenvalue weighted by Crippen LogP contribution is 2.39. The van der Waals surface area contributed by atoms with E-state index < -0.39 is 5.60 Å². The minimum Gasteiger partial charge on any atom is -0.467 e. The van der Waals surface area contributed by atoms with Gasteiger partial charge < -0.3 is 19.5 Å². The Hall–Kier alpha value is -1.11. The molecule has 0 saturated carbocycles. The molecule has 2 aliphatic heterocycles. The highest BCUT2D eigenvalue weighted by Gasteiger charge is 2.44. The molecule has 7 heteroatoms. The maximum absolute atomic E-state index is 10.7. The van der Waals surface area contributed by atoms with Crippen LogP contribution >= 0.6 is 11.6 Å². The second-order valence-electron chi connectivity index (χ2n) is 6.22. The summed E-state index contributed by atoms with van der Waals surface area (Å²) < 4.78 is 10.7. The number of aliphatic hydroxyl groups is 1. The van der Waals surface area contributed by atoms with Gasteiger partial charge >= 0.3 is 6.01 Å². The van der Waals surface area contributed by atoms with Crippen LogP contribution in [-0.4, -0.2) is 53.6 Å². The second-order valence-corrected chi connectivity index (χ2v) is 6.63. The van der Waals surface area contributed by atoms with E-state index in [0.717, 1.165) is 19.4 Å². The van der Waals surface area contributed by atoms with Crippen LogP contribution in [-0.2, 0) is 4.74 Å². The first-order valence-electron chi connectivity index (χ1n) is 7.66. The summed E-state index contributed by atoms with van der Waals surface area (Å²) in [5, 5.41) is 11.2. The molecule has 3 heterocycles. The van der Waals surface area contributed by atoms with Gasteiger partial charge in [-0.2, -0.15) is 4.98 Å². The summed E-state index contributed by atoms with van der Waals surface area (Å²) in [6.07, 6.45) is 4.25. The van der Waals surface area contributed by atoms with E-state index in [9.17, 15) is 5.11 Å². The summed E-state index contributed by atoms with van der Waals surface area (Å²) in [7, 11) is 1.54. The molecular formula is C15H22ClN3O3. The van der Waals surface area contributed by atoms with E-state index in [0.29, 0.717) is 36.5 Å². The number of hydrogen-bond donors (Lipinski definition) is 1. The van der Waals surface area contributed by atoms with Crippen LogP contribution in [0.2, 0.25) is 5.02 Å². The molecule has 3 rings (SSSR count). The Bertz CT molecular complexity index is 541. The van der Waals surface area contributed by atoms with Crippen LogP contribution in [0.4, 0.5) is 5.82 Å². The fraction of sp³-hybridized carbons (Fsp3) is 0.733. The summed E-state index contributed by atoms with van der Waals surface area (Å²) in [5.74, 6) is 0.721. The highest BCUT2D eigenvalue weighted by atomic mass is 35.5. The lowest BCUT2D eigenvalue weighted by Gasteiger charge is -2.43. The van der Waals surface area contributed by atoms with Crippen LogP contribution in [0.3, 0.4) is 0 Å². The zero-order valence-corrected chi connectivity index (χ0v) is 13.7. The van der Waals surface area contributed by atoms with Gasteiger partial charge in [-0.1, -0.05) is 11.6 Å². The Morgan fingerprint density at radius 3 is 3.09 bits per heavy atom. The molecule has 122 valence electrons. The van der Waals surface area contributed by atoms with Crippen molar-refractivity contribution in [3.63, 3.8) is 0 Å². The fourth-order valence-corrected chi connectivity index (χ4v) is 3.70. The van der Waals surface area contributed by atoms with Crippen molar-refractivity contribution in [3.8, 4) is 6.01 Å². The van der Waals surface area contributed by atoms with E-state index in [-0.39, 0.29) is 12.0 Å². The molecule has 6 nitrogen and oxygen atoms in total. The van der Waals surface area contributed by atoms with E-state index >= 15 is 0 Å². The summed E-state index contributed by atoms with van der Waals surface area (Å²) in [6.45, 7) is 3.93. The Labute approximate surface area is 135 Å². The third-order valence-electron chi connectivity index (χ3n) is 4.77. The Balaban J connectivity index is 1.90. The monoisotopic (exact) mass is 327 g/mol. The van der Waals surface area contributed by atoms with Gasteiger partial charge in [-0.25, -0.2) is 4.98 Å². The summed E-state index contributed by atoms with van der Waals surface area (Å²) >= 11 is 6.29. The van der Waals surface area contributed by atoms with Gasteiger partial charge in [0.1, 0.15) is 5.02 Å². The average Bonchev–Trinajstić information content (AvgIpc) is 2.96. The van der Waals surface area contributed by atoms with Crippen molar-refractivity contribution in [1.29, 1.82) is 0 Å². The molecule has 1 aromatic rings. The topological polar surface area (TPSA) is 67.7 Å². The summed E-state index contributed by atoms with van der Waals surface area (Å²) in [4.78, 5) is 10.6. The van der Waals surface area contributed by atoms with Crippen molar-refractivity contribution in [2.24, 2.45) is 5.92 Å². The number of hydrogen-bond acceptors (Lipinski definition) is 6. The van der Waals surface area contributed by atoms with Crippen molar-refractivity contribution in [2.45, 2.75) is 37.8 Å². The number of anilines is 1. The zero-order valence-electron chi connectivity index (χ0n) is 13.0. The molecule has 0 amide bonds. The maximum Gasteiger partial charge on any atom is 0.318 e. The third kappa shape index (κ3) is 2.87. The third-order valence-corrected chi connectivity index (χ3v) is 5.04. The Kier molecular flexibility index (Phi) is 4.43. The molecule has 3 unspecified atom stereocenters. The largest absolute Gasteiger partial charge is 0.467 e. The highest BCUT2D eigenvalue weighted by molar-refractivity contribution is 6.32. The maximum atomic E-state index is 10.7. The number of rotatable bonds is 3. The lowest BCUT2D eigenvalue weighted by molar-refractivity contribution is -0.108. The number of nitrogens with zero attached hydrogens (tertiary/aromatic N) is 3. The average molecular weight is 328 g/mol. The van der Waals surface area contributed by atoms with Crippen molar-refractivity contribution < 1.29 is 14.6 Å². The zero-order chi connectivity index (χ0) is 15.7. The van der Waals surface area contributed by atoms with E-state index in [1.807, 2.05) is 6.92 Å². The van der Waals surface area contributed by atoms with E-state index in [1.54, 1.807) is 6.20 Å². The quantitative estimate of drug-likeness (QED) is 0.914. The van der Waals surface area contributed by atoms with Gasteiger partial charge in [-0.05, 0) is 26.2 Å². The normalized spacial score (nSPS) is 32.3. The van der Waals surface area contributed by atoms with Gasteiger partial charge in [0, 0.05) is 25.1 Å². The van der Waals surface area contributed by atoms with Crippen LogP contribution in [0.5, 0.6) is 6.01 Å². The standard InChI is InChI=1S/C15H22ClN3O3/c1-15(20)5-7-22-9-10(15)12-4-3-6-19(12)13-11(16)8-17-14(18-13)21-2/h8,10,12,20H,3-7,9H2,1-2H3. The van der Waals surface area contributed by atoms with Gasteiger partial charge in [-0.3, -0.25) is 0 Å². The van der Waals surface area contributed by atoms with Crippen LogP contribution in [0.25, 0.3) is 0 Å². The molecule has 1 aromatic heterocycles. The molecular weight excluding hydrogens is 306 g/mol. The van der Waals surface area contributed by atoms with E-state index in [1.165, 1.54) is 7.11 Å². The first kappa shape index (κ1) is 15.8. The van der Waals surface area contributed by atoms with Crippen molar-refractivity contribution >= 4 is 17.4 Å². The molecule has 2 aliphatic rings. The number of halogens is 1. The van der Waals surface area contributed by atoms with E-state index in [2.05, 4.69) is 14.9 Å². The molecule has 22 heavy (non-hydrogen) atoms.